The van der Waals surface area contributed by atoms with E-state index in [9.17, 15) is 13.6 Å². The van der Waals surface area contributed by atoms with Crippen molar-refractivity contribution in [2.45, 2.75) is 13.3 Å². The molecule has 0 bridgehead atoms. The van der Waals surface area contributed by atoms with Gasteiger partial charge in [-0.15, -0.1) is 5.10 Å². The van der Waals surface area contributed by atoms with Crippen LogP contribution in [-0.4, -0.2) is 26.1 Å². The maximum atomic E-state index is 13.1. The molecule has 2 aromatic rings. The SMILES string of the molecule is CCc1c(C(=O)O)nnn1-c1cc(F)cc(F)c1. The van der Waals surface area contributed by atoms with E-state index in [2.05, 4.69) is 10.3 Å². The highest BCUT2D eigenvalue weighted by Crippen LogP contribution is 2.16. The smallest absolute Gasteiger partial charge is 0.358 e. The third-order valence-electron chi connectivity index (χ3n) is 2.39. The van der Waals surface area contributed by atoms with Crippen LogP contribution in [0.1, 0.15) is 23.1 Å². The number of nitrogens with zero attached hydrogens (tertiary/aromatic N) is 3. The van der Waals surface area contributed by atoms with Gasteiger partial charge in [0.25, 0.3) is 0 Å². The molecule has 1 aromatic heterocycles. The monoisotopic (exact) mass is 253 g/mol. The van der Waals surface area contributed by atoms with Gasteiger partial charge in [0.1, 0.15) is 11.6 Å². The third kappa shape index (κ3) is 2.06. The van der Waals surface area contributed by atoms with E-state index < -0.39 is 17.6 Å². The number of hydrogen-bond donors (Lipinski definition) is 1. The lowest BCUT2D eigenvalue weighted by Gasteiger charge is -2.05. The fourth-order valence-electron chi connectivity index (χ4n) is 1.65. The molecular formula is C11H9F2N3O2. The summed E-state index contributed by atoms with van der Waals surface area (Å²) >= 11 is 0. The summed E-state index contributed by atoms with van der Waals surface area (Å²) in [6.45, 7) is 1.71. The molecule has 0 amide bonds. The first-order valence-corrected chi connectivity index (χ1v) is 5.17. The maximum absolute atomic E-state index is 13.1. The van der Waals surface area contributed by atoms with E-state index in [1.807, 2.05) is 0 Å². The summed E-state index contributed by atoms with van der Waals surface area (Å²) in [4.78, 5) is 10.9. The molecule has 1 aromatic carbocycles. The third-order valence-corrected chi connectivity index (χ3v) is 2.39. The molecule has 0 spiro atoms. The molecule has 2 rings (SSSR count). The van der Waals surface area contributed by atoms with Gasteiger partial charge in [0, 0.05) is 6.07 Å². The van der Waals surface area contributed by atoms with Gasteiger partial charge in [-0.1, -0.05) is 12.1 Å². The van der Waals surface area contributed by atoms with Gasteiger partial charge in [-0.05, 0) is 18.6 Å². The van der Waals surface area contributed by atoms with E-state index in [0.29, 0.717) is 6.42 Å². The summed E-state index contributed by atoms with van der Waals surface area (Å²) < 4.78 is 27.3. The Kier molecular flexibility index (Phi) is 3.05. The van der Waals surface area contributed by atoms with Gasteiger partial charge in [0.05, 0.1) is 11.4 Å². The Balaban J connectivity index is 2.60. The summed E-state index contributed by atoms with van der Waals surface area (Å²) in [6.07, 6.45) is 0.326. The quantitative estimate of drug-likeness (QED) is 0.905. The fraction of sp³-hybridized carbons (Fsp3) is 0.182. The Morgan fingerprint density at radius 1 is 1.33 bits per heavy atom. The van der Waals surface area contributed by atoms with Crippen molar-refractivity contribution in [2.75, 3.05) is 0 Å². The summed E-state index contributed by atoms with van der Waals surface area (Å²) in [5, 5.41) is 16.0. The van der Waals surface area contributed by atoms with E-state index in [4.69, 9.17) is 5.11 Å². The van der Waals surface area contributed by atoms with Gasteiger partial charge < -0.3 is 5.11 Å². The predicted octanol–water partition coefficient (Wildman–Crippen LogP) is 1.81. The Bertz CT molecular complexity index is 590. The fourth-order valence-corrected chi connectivity index (χ4v) is 1.65. The van der Waals surface area contributed by atoms with Crippen LogP contribution < -0.4 is 0 Å². The van der Waals surface area contributed by atoms with Crippen LogP contribution in [0, 0.1) is 11.6 Å². The Morgan fingerprint density at radius 2 is 1.94 bits per heavy atom. The molecule has 0 aliphatic carbocycles. The largest absolute Gasteiger partial charge is 0.476 e. The maximum Gasteiger partial charge on any atom is 0.358 e. The van der Waals surface area contributed by atoms with Crippen LogP contribution in [-0.2, 0) is 6.42 Å². The van der Waals surface area contributed by atoms with Crippen molar-refractivity contribution in [3.63, 3.8) is 0 Å². The van der Waals surface area contributed by atoms with Gasteiger partial charge in [0.2, 0.25) is 0 Å². The molecule has 1 N–H and O–H groups in total. The topological polar surface area (TPSA) is 68.0 Å². The molecule has 0 unspecified atom stereocenters. The number of carboxylic acids is 1. The lowest BCUT2D eigenvalue weighted by molar-refractivity contribution is 0.0689. The molecule has 7 heteroatoms. The first-order valence-electron chi connectivity index (χ1n) is 5.17. The number of aromatic carboxylic acids is 1. The molecule has 0 aliphatic heterocycles. The zero-order chi connectivity index (χ0) is 13.3. The molecule has 5 nitrogen and oxygen atoms in total. The van der Waals surface area contributed by atoms with Crippen LogP contribution in [0.4, 0.5) is 8.78 Å². The first kappa shape index (κ1) is 12.2. The Labute approximate surface area is 101 Å². The van der Waals surface area contributed by atoms with Crippen LogP contribution in [0.15, 0.2) is 18.2 Å². The molecule has 18 heavy (non-hydrogen) atoms. The van der Waals surface area contributed by atoms with Crippen LogP contribution >= 0.6 is 0 Å². The van der Waals surface area contributed by atoms with Gasteiger partial charge in [-0.3, -0.25) is 0 Å². The van der Waals surface area contributed by atoms with Gasteiger partial charge in [-0.25, -0.2) is 18.3 Å². The zero-order valence-electron chi connectivity index (χ0n) is 9.39. The zero-order valence-corrected chi connectivity index (χ0v) is 9.39. The van der Waals surface area contributed by atoms with Gasteiger partial charge >= 0.3 is 5.97 Å². The van der Waals surface area contributed by atoms with Crippen LogP contribution in [0.3, 0.4) is 0 Å². The minimum Gasteiger partial charge on any atom is -0.476 e. The Hall–Kier alpha value is -2.31. The van der Waals surface area contributed by atoms with Gasteiger partial charge in [0.15, 0.2) is 5.69 Å². The minimum atomic E-state index is -1.23. The van der Waals surface area contributed by atoms with Crippen LogP contribution in [0.2, 0.25) is 0 Å². The first-order chi connectivity index (χ1) is 8.52. The van der Waals surface area contributed by atoms with E-state index in [0.717, 1.165) is 22.9 Å². The standard InChI is InChI=1S/C11H9F2N3O2/c1-2-9-10(11(17)18)14-15-16(9)8-4-6(12)3-7(13)5-8/h3-5H,2H2,1H3,(H,17,18). The molecule has 1 heterocycles. The molecule has 0 radical (unpaired) electrons. The van der Waals surface area contributed by atoms with Crippen molar-refractivity contribution in [2.24, 2.45) is 0 Å². The summed E-state index contributed by atoms with van der Waals surface area (Å²) in [7, 11) is 0. The molecule has 94 valence electrons. The van der Waals surface area contributed by atoms with E-state index in [1.165, 1.54) is 0 Å². The van der Waals surface area contributed by atoms with Crippen molar-refractivity contribution < 1.29 is 18.7 Å². The highest BCUT2D eigenvalue weighted by molar-refractivity contribution is 5.86. The second kappa shape index (κ2) is 4.52. The highest BCUT2D eigenvalue weighted by Gasteiger charge is 2.18. The number of hydrogen-bond acceptors (Lipinski definition) is 3. The van der Waals surface area contributed by atoms with Crippen LogP contribution in [0.5, 0.6) is 0 Å². The minimum absolute atomic E-state index is 0.101. The lowest BCUT2D eigenvalue weighted by atomic mass is 10.2. The molecule has 0 atom stereocenters. The van der Waals surface area contributed by atoms with Crippen molar-refractivity contribution in [1.82, 2.24) is 15.0 Å². The number of carboxylic acid groups (broad SMARTS) is 1. The van der Waals surface area contributed by atoms with E-state index in [1.54, 1.807) is 6.92 Å². The Morgan fingerprint density at radius 3 is 2.44 bits per heavy atom. The second-order valence-electron chi connectivity index (χ2n) is 3.58. The molecule has 0 saturated heterocycles. The van der Waals surface area contributed by atoms with Crippen LogP contribution in [0.25, 0.3) is 5.69 Å². The van der Waals surface area contributed by atoms with Crippen molar-refractivity contribution in [3.8, 4) is 5.69 Å². The van der Waals surface area contributed by atoms with E-state index >= 15 is 0 Å². The van der Waals surface area contributed by atoms with Crippen molar-refractivity contribution in [3.05, 3.63) is 41.2 Å². The number of rotatable bonds is 3. The molecule has 0 fully saturated rings. The molecule has 0 saturated carbocycles. The normalized spacial score (nSPS) is 10.6. The van der Waals surface area contributed by atoms with Crippen molar-refractivity contribution >= 4 is 5.97 Å². The highest BCUT2D eigenvalue weighted by atomic mass is 19.1. The van der Waals surface area contributed by atoms with Gasteiger partial charge in [-0.2, -0.15) is 0 Å². The molecular weight excluding hydrogens is 244 g/mol. The number of carbonyl (C=O) groups is 1. The summed E-state index contributed by atoms with van der Waals surface area (Å²) in [6, 6.07) is 2.84. The van der Waals surface area contributed by atoms with Crippen molar-refractivity contribution in [1.29, 1.82) is 0 Å². The second-order valence-corrected chi connectivity index (χ2v) is 3.58. The predicted molar refractivity (Wildman–Crippen MR) is 57.6 cm³/mol. The summed E-state index contributed by atoms with van der Waals surface area (Å²) in [5.41, 5.74) is 0.166. The summed E-state index contributed by atoms with van der Waals surface area (Å²) in [5.74, 6) is -2.76. The average molecular weight is 253 g/mol. The number of aromatic nitrogens is 3. The lowest BCUT2D eigenvalue weighted by Crippen LogP contribution is -2.06. The number of benzene rings is 1. The number of halogens is 2. The average Bonchev–Trinajstić information content (AvgIpc) is 2.70. The molecule has 0 aliphatic rings. The van der Waals surface area contributed by atoms with E-state index in [-0.39, 0.29) is 17.1 Å².